The van der Waals surface area contributed by atoms with Crippen molar-refractivity contribution >= 4 is 11.7 Å². The van der Waals surface area contributed by atoms with Gasteiger partial charge in [-0.05, 0) is 84.3 Å². The van der Waals surface area contributed by atoms with E-state index in [0.717, 1.165) is 27.8 Å². The summed E-state index contributed by atoms with van der Waals surface area (Å²) in [4.78, 5) is 21.8. The minimum atomic E-state index is -0.455. The Balaban J connectivity index is 1.93. The summed E-state index contributed by atoms with van der Waals surface area (Å²) in [5.41, 5.74) is 6.08. The van der Waals surface area contributed by atoms with Crippen LogP contribution >= 0.6 is 0 Å². The fourth-order valence-electron chi connectivity index (χ4n) is 3.88. The topological polar surface area (TPSA) is 98.9 Å². The molecular formula is C29H29NO6. The molecule has 186 valence electrons. The highest BCUT2D eigenvalue weighted by atomic mass is 16.6. The molecule has 0 unspecified atom stereocenters. The Morgan fingerprint density at radius 1 is 1.06 bits per heavy atom. The third-order valence-electron chi connectivity index (χ3n) is 5.88. The highest BCUT2D eigenvalue weighted by Gasteiger charge is 2.15. The molecule has 0 spiro atoms. The lowest BCUT2D eigenvalue weighted by molar-refractivity contribution is -0.384. The lowest BCUT2D eigenvalue weighted by atomic mass is 9.91. The second kappa shape index (κ2) is 11.4. The van der Waals surface area contributed by atoms with Gasteiger partial charge in [0.25, 0.3) is 5.69 Å². The monoisotopic (exact) mass is 487 g/mol. The van der Waals surface area contributed by atoms with Gasteiger partial charge in [0, 0.05) is 17.7 Å². The Labute approximate surface area is 210 Å². The maximum absolute atomic E-state index is 11.4. The van der Waals surface area contributed by atoms with Gasteiger partial charge in [-0.15, -0.1) is 0 Å². The Hall–Kier alpha value is -4.31. The van der Waals surface area contributed by atoms with Crippen molar-refractivity contribution < 1.29 is 24.3 Å². The third kappa shape index (κ3) is 6.42. The quantitative estimate of drug-likeness (QED) is 0.202. The van der Waals surface area contributed by atoms with Gasteiger partial charge >= 0.3 is 5.97 Å². The molecular weight excluding hydrogens is 458 g/mol. The van der Waals surface area contributed by atoms with Crippen LogP contribution in [0.2, 0.25) is 0 Å². The zero-order valence-electron chi connectivity index (χ0n) is 21.0. The second-order valence-electron chi connectivity index (χ2n) is 8.87. The molecule has 0 aliphatic heterocycles. The molecule has 0 amide bonds. The maximum atomic E-state index is 11.4. The average molecular weight is 488 g/mol. The lowest BCUT2D eigenvalue weighted by Gasteiger charge is -2.16. The van der Waals surface area contributed by atoms with Gasteiger partial charge in [0.1, 0.15) is 11.5 Å². The largest absolute Gasteiger partial charge is 0.506 e. The molecule has 0 fully saturated rings. The van der Waals surface area contributed by atoms with Crippen LogP contribution in [0.1, 0.15) is 58.7 Å². The summed E-state index contributed by atoms with van der Waals surface area (Å²) in [6, 6.07) is 13.7. The van der Waals surface area contributed by atoms with Crippen LogP contribution in [0, 0.1) is 35.8 Å². The summed E-state index contributed by atoms with van der Waals surface area (Å²) < 4.78 is 10.2. The van der Waals surface area contributed by atoms with Gasteiger partial charge in [0.15, 0.2) is 6.61 Å². The smallest absolute Gasteiger partial charge is 0.343 e. The number of ether oxygens (including phenoxy) is 2. The second-order valence-corrected chi connectivity index (χ2v) is 8.87. The van der Waals surface area contributed by atoms with Crippen LogP contribution in [-0.4, -0.2) is 29.7 Å². The van der Waals surface area contributed by atoms with E-state index in [-0.39, 0.29) is 24.0 Å². The van der Waals surface area contributed by atoms with Crippen molar-refractivity contribution in [2.75, 3.05) is 13.7 Å². The number of carbonyl (C=O) groups is 1. The summed E-state index contributed by atoms with van der Waals surface area (Å²) in [5, 5.41) is 21.7. The number of carbonyl (C=O) groups excluding carboxylic acids is 1. The van der Waals surface area contributed by atoms with Gasteiger partial charge < -0.3 is 14.6 Å². The number of nitro groups is 1. The number of esters is 1. The van der Waals surface area contributed by atoms with Crippen LogP contribution < -0.4 is 4.74 Å². The van der Waals surface area contributed by atoms with Crippen molar-refractivity contribution in [2.24, 2.45) is 0 Å². The molecule has 0 bridgehead atoms. The van der Waals surface area contributed by atoms with E-state index in [1.165, 1.54) is 19.2 Å². The first-order valence-electron chi connectivity index (χ1n) is 11.5. The molecule has 3 aromatic carbocycles. The number of phenols is 1. The molecule has 7 heteroatoms. The van der Waals surface area contributed by atoms with Crippen molar-refractivity contribution in [2.45, 2.75) is 40.0 Å². The average Bonchev–Trinajstić information content (AvgIpc) is 2.84. The molecule has 0 aliphatic rings. The van der Waals surface area contributed by atoms with Crippen LogP contribution in [0.3, 0.4) is 0 Å². The van der Waals surface area contributed by atoms with Crippen molar-refractivity contribution in [1.29, 1.82) is 0 Å². The van der Waals surface area contributed by atoms with Crippen molar-refractivity contribution in [3.8, 4) is 23.3 Å². The van der Waals surface area contributed by atoms with E-state index in [1.54, 1.807) is 12.1 Å². The predicted molar refractivity (Wildman–Crippen MR) is 138 cm³/mol. The highest BCUT2D eigenvalue weighted by Crippen LogP contribution is 2.32. The van der Waals surface area contributed by atoms with Crippen molar-refractivity contribution in [3.63, 3.8) is 0 Å². The maximum Gasteiger partial charge on any atom is 0.343 e. The molecule has 1 N–H and O–H groups in total. The number of hydrogen-bond acceptors (Lipinski definition) is 6. The molecule has 0 radical (unpaired) electrons. The summed E-state index contributed by atoms with van der Waals surface area (Å²) in [6.45, 7) is 7.85. The third-order valence-corrected chi connectivity index (χ3v) is 5.88. The normalized spacial score (nSPS) is 10.5. The Morgan fingerprint density at radius 2 is 1.69 bits per heavy atom. The number of aryl methyl sites for hydroxylation is 2. The molecule has 7 nitrogen and oxygen atoms in total. The van der Waals surface area contributed by atoms with E-state index >= 15 is 0 Å². The number of hydrogen-bond donors (Lipinski definition) is 1. The van der Waals surface area contributed by atoms with E-state index in [4.69, 9.17) is 4.74 Å². The molecule has 0 heterocycles. The van der Waals surface area contributed by atoms with Crippen LogP contribution in [0.15, 0.2) is 48.5 Å². The highest BCUT2D eigenvalue weighted by molar-refractivity contribution is 5.70. The standard InChI is InChI=1S/C29H29NO6/c1-18(2)26-15-22(16-27-19(3)12-25(13-20(27)4)36-17-28(31)35-5)14-23(29(26)32)9-6-21-7-10-24(11-8-21)30(33)34/h7-8,10-15,18,32H,16-17H2,1-5H3. The van der Waals surface area contributed by atoms with Crippen molar-refractivity contribution in [1.82, 2.24) is 0 Å². The molecule has 0 atom stereocenters. The minimum absolute atomic E-state index is 0.0000527. The van der Waals surface area contributed by atoms with E-state index in [9.17, 15) is 20.0 Å². The number of nitrogens with zero attached hydrogens (tertiary/aromatic N) is 1. The Morgan fingerprint density at radius 3 is 2.25 bits per heavy atom. The van der Waals surface area contributed by atoms with Crippen LogP contribution in [0.5, 0.6) is 11.5 Å². The number of benzene rings is 3. The summed E-state index contributed by atoms with van der Waals surface area (Å²) in [6.07, 6.45) is 0.626. The van der Waals surface area contributed by atoms with Gasteiger partial charge in [-0.3, -0.25) is 10.1 Å². The fourth-order valence-corrected chi connectivity index (χ4v) is 3.88. The summed E-state index contributed by atoms with van der Waals surface area (Å²) >= 11 is 0. The SMILES string of the molecule is COC(=O)COc1cc(C)c(Cc2cc(C#Cc3ccc([N+](=O)[O-])cc3)c(O)c(C(C)C)c2)c(C)c1. The molecule has 3 rings (SSSR count). The molecule has 36 heavy (non-hydrogen) atoms. The fraction of sp³-hybridized carbons (Fsp3) is 0.276. The van der Waals surface area contributed by atoms with Gasteiger partial charge in [-0.25, -0.2) is 4.79 Å². The first-order chi connectivity index (χ1) is 17.1. The number of rotatable bonds is 7. The first-order valence-corrected chi connectivity index (χ1v) is 11.5. The summed E-state index contributed by atoms with van der Waals surface area (Å²) in [7, 11) is 1.32. The van der Waals surface area contributed by atoms with Gasteiger partial charge in [0.2, 0.25) is 0 Å². The van der Waals surface area contributed by atoms with Crippen LogP contribution in [0.25, 0.3) is 0 Å². The number of methoxy groups -OCH3 is 1. The summed E-state index contributed by atoms with van der Waals surface area (Å²) in [5.74, 6) is 6.42. The van der Waals surface area contributed by atoms with E-state index in [2.05, 4.69) is 16.6 Å². The van der Waals surface area contributed by atoms with E-state index in [0.29, 0.717) is 23.3 Å². The number of non-ortho nitro benzene ring substituents is 1. The van der Waals surface area contributed by atoms with E-state index < -0.39 is 10.9 Å². The van der Waals surface area contributed by atoms with Crippen molar-refractivity contribution in [3.05, 3.63) is 97.6 Å². The van der Waals surface area contributed by atoms with Crippen LogP contribution in [0.4, 0.5) is 5.69 Å². The van der Waals surface area contributed by atoms with Gasteiger partial charge in [-0.2, -0.15) is 0 Å². The predicted octanol–water partition coefficient (Wildman–Crippen LogP) is 5.58. The minimum Gasteiger partial charge on any atom is -0.506 e. The molecule has 0 saturated carbocycles. The molecule has 3 aromatic rings. The zero-order chi connectivity index (χ0) is 26.4. The molecule has 0 saturated heterocycles. The number of aromatic hydroxyl groups is 1. The van der Waals surface area contributed by atoms with Gasteiger partial charge in [-0.1, -0.05) is 31.8 Å². The lowest BCUT2D eigenvalue weighted by Crippen LogP contribution is -2.13. The van der Waals surface area contributed by atoms with Crippen LogP contribution in [-0.2, 0) is 16.0 Å². The zero-order valence-corrected chi connectivity index (χ0v) is 21.0. The van der Waals surface area contributed by atoms with E-state index in [1.807, 2.05) is 52.0 Å². The Kier molecular flexibility index (Phi) is 8.34. The molecule has 0 aromatic heterocycles. The first kappa shape index (κ1) is 26.3. The molecule has 0 aliphatic carbocycles. The number of nitro benzene ring substituents is 1. The Bertz CT molecular complexity index is 1320. The number of phenolic OH excluding ortho intramolecular Hbond substituents is 1. The van der Waals surface area contributed by atoms with Gasteiger partial charge in [0.05, 0.1) is 17.6 Å².